The molecule has 3 rings (SSSR count). The van der Waals surface area contributed by atoms with Gasteiger partial charge in [-0.3, -0.25) is 9.88 Å². The number of rotatable bonds is 3. The summed E-state index contributed by atoms with van der Waals surface area (Å²) in [6.45, 7) is 4.48. The monoisotopic (exact) mass is 283 g/mol. The maximum atomic E-state index is 6.49. The van der Waals surface area contributed by atoms with Crippen molar-refractivity contribution in [3.63, 3.8) is 0 Å². The molecule has 1 aromatic carbocycles. The third-order valence-electron chi connectivity index (χ3n) is 4.47. The predicted octanol–water partition coefficient (Wildman–Crippen LogP) is 3.50. The molecular formula is C18H25N3. The van der Waals surface area contributed by atoms with Crippen molar-refractivity contribution >= 4 is 10.9 Å². The zero-order chi connectivity index (χ0) is 14.7. The molecule has 0 radical (unpaired) electrons. The Labute approximate surface area is 127 Å². The molecule has 0 spiro atoms. The van der Waals surface area contributed by atoms with Crippen LogP contribution in [0.1, 0.15) is 44.3 Å². The van der Waals surface area contributed by atoms with E-state index in [-0.39, 0.29) is 12.1 Å². The smallest absolute Gasteiger partial charge is 0.0706 e. The van der Waals surface area contributed by atoms with E-state index in [4.69, 9.17) is 10.7 Å². The highest BCUT2D eigenvalue weighted by Gasteiger charge is 2.29. The van der Waals surface area contributed by atoms with Crippen molar-refractivity contribution in [2.24, 2.45) is 5.73 Å². The summed E-state index contributed by atoms with van der Waals surface area (Å²) in [5, 5.41) is 1.20. The van der Waals surface area contributed by atoms with Gasteiger partial charge in [-0.05, 0) is 44.5 Å². The van der Waals surface area contributed by atoms with Crippen LogP contribution in [0.25, 0.3) is 10.9 Å². The summed E-state index contributed by atoms with van der Waals surface area (Å²) in [4.78, 5) is 7.44. The molecule has 2 heterocycles. The average molecular weight is 283 g/mol. The molecule has 21 heavy (non-hydrogen) atoms. The number of aromatic nitrogens is 1. The van der Waals surface area contributed by atoms with Gasteiger partial charge in [-0.25, -0.2) is 0 Å². The van der Waals surface area contributed by atoms with Crippen molar-refractivity contribution < 1.29 is 0 Å². The number of pyridine rings is 1. The molecule has 112 valence electrons. The Balaban J connectivity index is 1.98. The zero-order valence-corrected chi connectivity index (χ0v) is 12.8. The molecule has 0 saturated carbocycles. The van der Waals surface area contributed by atoms with Gasteiger partial charge in [0.15, 0.2) is 0 Å². The number of hydrogen-bond acceptors (Lipinski definition) is 3. The van der Waals surface area contributed by atoms with Crippen LogP contribution in [0.4, 0.5) is 0 Å². The molecule has 1 saturated heterocycles. The minimum absolute atomic E-state index is 0.188. The maximum absolute atomic E-state index is 6.49. The van der Waals surface area contributed by atoms with Crippen molar-refractivity contribution in [2.75, 3.05) is 13.1 Å². The lowest BCUT2D eigenvalue weighted by atomic mass is 9.99. The van der Waals surface area contributed by atoms with Crippen LogP contribution in [0, 0.1) is 0 Å². The molecule has 1 aliphatic heterocycles. The SMILES string of the molecule is CCCN1CCCCC(N)C1c1ccc2ccccc2n1. The fourth-order valence-corrected chi connectivity index (χ4v) is 3.45. The Morgan fingerprint density at radius 1 is 1.19 bits per heavy atom. The number of benzene rings is 1. The Hall–Kier alpha value is -1.45. The summed E-state index contributed by atoms with van der Waals surface area (Å²) < 4.78 is 0. The number of likely N-dealkylation sites (tertiary alicyclic amines) is 1. The summed E-state index contributed by atoms with van der Waals surface area (Å²) in [5.74, 6) is 0. The Kier molecular flexibility index (Phi) is 4.51. The molecule has 1 aliphatic rings. The summed E-state index contributed by atoms with van der Waals surface area (Å²) in [6, 6.07) is 13.1. The van der Waals surface area contributed by atoms with Crippen LogP contribution in [0.3, 0.4) is 0 Å². The first-order valence-corrected chi connectivity index (χ1v) is 8.15. The molecule has 2 unspecified atom stereocenters. The van der Waals surface area contributed by atoms with E-state index in [2.05, 4.69) is 48.2 Å². The fraction of sp³-hybridized carbons (Fsp3) is 0.500. The van der Waals surface area contributed by atoms with Crippen LogP contribution in [-0.4, -0.2) is 29.0 Å². The van der Waals surface area contributed by atoms with Gasteiger partial charge in [0.2, 0.25) is 0 Å². The van der Waals surface area contributed by atoms with Crippen LogP contribution < -0.4 is 5.73 Å². The number of nitrogens with zero attached hydrogens (tertiary/aromatic N) is 2. The number of fused-ring (bicyclic) bond motifs is 1. The fourth-order valence-electron chi connectivity index (χ4n) is 3.45. The van der Waals surface area contributed by atoms with Crippen molar-refractivity contribution in [2.45, 2.75) is 44.7 Å². The van der Waals surface area contributed by atoms with E-state index < -0.39 is 0 Å². The number of hydrogen-bond donors (Lipinski definition) is 1. The molecule has 0 bridgehead atoms. The van der Waals surface area contributed by atoms with E-state index in [1.807, 2.05) is 0 Å². The maximum Gasteiger partial charge on any atom is 0.0706 e. The van der Waals surface area contributed by atoms with Gasteiger partial charge >= 0.3 is 0 Å². The molecule has 0 aliphatic carbocycles. The lowest BCUT2D eigenvalue weighted by molar-refractivity contribution is 0.182. The van der Waals surface area contributed by atoms with Crippen molar-refractivity contribution in [3.05, 3.63) is 42.1 Å². The van der Waals surface area contributed by atoms with Crippen molar-refractivity contribution in [1.82, 2.24) is 9.88 Å². The van der Waals surface area contributed by atoms with Crippen LogP contribution in [-0.2, 0) is 0 Å². The van der Waals surface area contributed by atoms with Gasteiger partial charge in [-0.2, -0.15) is 0 Å². The zero-order valence-electron chi connectivity index (χ0n) is 12.8. The molecule has 1 fully saturated rings. The second-order valence-electron chi connectivity index (χ2n) is 6.07. The highest BCUT2D eigenvalue weighted by molar-refractivity contribution is 5.78. The number of para-hydroxylation sites is 1. The molecule has 2 atom stereocenters. The van der Waals surface area contributed by atoms with Gasteiger partial charge < -0.3 is 5.73 Å². The van der Waals surface area contributed by atoms with E-state index in [1.54, 1.807) is 0 Å². The van der Waals surface area contributed by atoms with Crippen molar-refractivity contribution in [3.8, 4) is 0 Å². The van der Waals surface area contributed by atoms with Crippen LogP contribution in [0.2, 0.25) is 0 Å². The largest absolute Gasteiger partial charge is 0.326 e. The summed E-state index contributed by atoms with van der Waals surface area (Å²) in [5.41, 5.74) is 8.70. The minimum atomic E-state index is 0.188. The second kappa shape index (κ2) is 6.54. The first-order valence-electron chi connectivity index (χ1n) is 8.15. The van der Waals surface area contributed by atoms with Crippen LogP contribution in [0.5, 0.6) is 0 Å². The van der Waals surface area contributed by atoms with Gasteiger partial charge in [0.05, 0.1) is 17.3 Å². The third-order valence-corrected chi connectivity index (χ3v) is 4.47. The van der Waals surface area contributed by atoms with E-state index in [1.165, 1.54) is 18.2 Å². The summed E-state index contributed by atoms with van der Waals surface area (Å²) in [6.07, 6.45) is 4.74. The van der Waals surface area contributed by atoms with Gasteiger partial charge in [0.1, 0.15) is 0 Å². The predicted molar refractivity (Wildman–Crippen MR) is 88.2 cm³/mol. The van der Waals surface area contributed by atoms with E-state index in [0.717, 1.165) is 37.1 Å². The second-order valence-corrected chi connectivity index (χ2v) is 6.07. The molecule has 2 N–H and O–H groups in total. The number of nitrogens with two attached hydrogens (primary N) is 1. The Morgan fingerprint density at radius 3 is 2.90 bits per heavy atom. The van der Waals surface area contributed by atoms with Crippen LogP contribution in [0.15, 0.2) is 36.4 Å². The molecule has 3 heteroatoms. The Morgan fingerprint density at radius 2 is 2.05 bits per heavy atom. The first kappa shape index (κ1) is 14.5. The normalized spacial score (nSPS) is 24.1. The molecule has 2 aromatic rings. The van der Waals surface area contributed by atoms with E-state index >= 15 is 0 Å². The third kappa shape index (κ3) is 3.09. The lowest BCUT2D eigenvalue weighted by Crippen LogP contribution is -2.40. The van der Waals surface area contributed by atoms with Crippen LogP contribution >= 0.6 is 0 Å². The molecule has 3 nitrogen and oxygen atoms in total. The molecule has 0 amide bonds. The molecule has 1 aromatic heterocycles. The van der Waals surface area contributed by atoms with Gasteiger partial charge in [0, 0.05) is 11.4 Å². The van der Waals surface area contributed by atoms with Gasteiger partial charge in [0.25, 0.3) is 0 Å². The highest BCUT2D eigenvalue weighted by Crippen LogP contribution is 2.29. The summed E-state index contributed by atoms with van der Waals surface area (Å²) >= 11 is 0. The van der Waals surface area contributed by atoms with E-state index in [9.17, 15) is 0 Å². The minimum Gasteiger partial charge on any atom is -0.326 e. The van der Waals surface area contributed by atoms with Gasteiger partial charge in [-0.1, -0.05) is 37.6 Å². The topological polar surface area (TPSA) is 42.1 Å². The first-order chi connectivity index (χ1) is 10.3. The van der Waals surface area contributed by atoms with E-state index in [0.29, 0.717) is 0 Å². The molecular weight excluding hydrogens is 258 g/mol. The average Bonchev–Trinajstić information content (AvgIpc) is 2.69. The summed E-state index contributed by atoms with van der Waals surface area (Å²) in [7, 11) is 0. The quantitative estimate of drug-likeness (QED) is 0.937. The standard InChI is InChI=1S/C18H25N3/c1-2-12-21-13-6-5-8-15(19)18(21)17-11-10-14-7-3-4-9-16(14)20-17/h3-4,7,9-11,15,18H,2,5-6,8,12-13,19H2,1H3. The van der Waals surface area contributed by atoms with Crippen molar-refractivity contribution in [1.29, 1.82) is 0 Å². The Bertz CT molecular complexity index is 596. The highest BCUT2D eigenvalue weighted by atomic mass is 15.2. The van der Waals surface area contributed by atoms with Gasteiger partial charge in [-0.15, -0.1) is 0 Å². The lowest BCUT2D eigenvalue weighted by Gasteiger charge is -2.32.